The van der Waals surface area contributed by atoms with E-state index in [0.29, 0.717) is 25.2 Å². The molecule has 23 heavy (non-hydrogen) atoms. The van der Waals surface area contributed by atoms with Crippen molar-refractivity contribution in [1.29, 1.82) is 0 Å². The topological polar surface area (TPSA) is 50.4 Å². The molecule has 0 saturated heterocycles. The molecule has 0 heterocycles. The average Bonchev–Trinajstić information content (AvgIpc) is 2.57. The van der Waals surface area contributed by atoms with Gasteiger partial charge >= 0.3 is 0 Å². The SMILES string of the molecule is CCO[C@H]1C[C@H](NCC(=O)NCc2ccccc2)C1(CC)CC. The quantitative estimate of drug-likeness (QED) is 0.736. The summed E-state index contributed by atoms with van der Waals surface area (Å²) in [6.07, 6.45) is 3.49. The van der Waals surface area contributed by atoms with Crippen LogP contribution in [0.3, 0.4) is 0 Å². The lowest BCUT2D eigenvalue weighted by molar-refractivity contribution is -0.140. The number of hydrogen-bond acceptors (Lipinski definition) is 3. The summed E-state index contributed by atoms with van der Waals surface area (Å²) in [5.41, 5.74) is 1.30. The van der Waals surface area contributed by atoms with Crippen molar-refractivity contribution in [3.63, 3.8) is 0 Å². The van der Waals surface area contributed by atoms with Crippen LogP contribution in [-0.4, -0.2) is 31.2 Å². The van der Waals surface area contributed by atoms with Crippen LogP contribution in [0.5, 0.6) is 0 Å². The summed E-state index contributed by atoms with van der Waals surface area (Å²) in [6, 6.07) is 10.4. The molecule has 4 nitrogen and oxygen atoms in total. The average molecular weight is 318 g/mol. The molecule has 128 valence electrons. The van der Waals surface area contributed by atoms with E-state index in [1.807, 2.05) is 37.3 Å². The molecular formula is C19H30N2O2. The highest BCUT2D eigenvalue weighted by Crippen LogP contribution is 2.48. The van der Waals surface area contributed by atoms with Gasteiger partial charge in [-0.15, -0.1) is 0 Å². The minimum atomic E-state index is 0.0508. The van der Waals surface area contributed by atoms with E-state index in [4.69, 9.17) is 4.74 Å². The number of amides is 1. The van der Waals surface area contributed by atoms with Crippen LogP contribution in [0, 0.1) is 5.41 Å². The van der Waals surface area contributed by atoms with Gasteiger partial charge in [-0.3, -0.25) is 4.79 Å². The molecule has 1 aromatic rings. The van der Waals surface area contributed by atoms with Crippen molar-refractivity contribution >= 4 is 5.91 Å². The predicted molar refractivity (Wildman–Crippen MR) is 93.1 cm³/mol. The van der Waals surface area contributed by atoms with E-state index < -0.39 is 0 Å². The Balaban J connectivity index is 1.77. The highest BCUT2D eigenvalue weighted by molar-refractivity contribution is 5.78. The van der Waals surface area contributed by atoms with E-state index in [1.54, 1.807) is 0 Å². The van der Waals surface area contributed by atoms with E-state index in [9.17, 15) is 4.79 Å². The Morgan fingerprint density at radius 3 is 2.52 bits per heavy atom. The highest BCUT2D eigenvalue weighted by Gasteiger charge is 2.52. The molecule has 1 saturated carbocycles. The molecule has 0 spiro atoms. The van der Waals surface area contributed by atoms with Gasteiger partial charge in [-0.05, 0) is 31.7 Å². The largest absolute Gasteiger partial charge is 0.378 e. The zero-order chi connectivity index (χ0) is 16.7. The first-order valence-corrected chi connectivity index (χ1v) is 8.81. The van der Waals surface area contributed by atoms with Crippen LogP contribution in [-0.2, 0) is 16.1 Å². The second-order valence-corrected chi connectivity index (χ2v) is 6.32. The van der Waals surface area contributed by atoms with Crippen molar-refractivity contribution in [3.8, 4) is 0 Å². The number of carbonyl (C=O) groups is 1. The summed E-state index contributed by atoms with van der Waals surface area (Å²) in [7, 11) is 0. The lowest BCUT2D eigenvalue weighted by atomic mass is 9.58. The van der Waals surface area contributed by atoms with E-state index >= 15 is 0 Å². The summed E-state index contributed by atoms with van der Waals surface area (Å²) in [5.74, 6) is 0.0508. The van der Waals surface area contributed by atoms with Gasteiger partial charge in [0.2, 0.25) is 5.91 Å². The Bertz CT molecular complexity index is 485. The third kappa shape index (κ3) is 4.12. The van der Waals surface area contributed by atoms with Crippen LogP contribution in [0.25, 0.3) is 0 Å². The van der Waals surface area contributed by atoms with Gasteiger partial charge < -0.3 is 15.4 Å². The fourth-order valence-electron chi connectivity index (χ4n) is 3.74. The van der Waals surface area contributed by atoms with Gasteiger partial charge in [-0.25, -0.2) is 0 Å². The molecule has 0 aliphatic heterocycles. The van der Waals surface area contributed by atoms with Gasteiger partial charge in [0.15, 0.2) is 0 Å². The van der Waals surface area contributed by atoms with E-state index in [1.165, 1.54) is 0 Å². The first-order chi connectivity index (χ1) is 11.2. The van der Waals surface area contributed by atoms with Crippen molar-refractivity contribution in [2.24, 2.45) is 5.41 Å². The molecule has 1 fully saturated rings. The number of ether oxygens (including phenoxy) is 1. The van der Waals surface area contributed by atoms with Crippen molar-refractivity contribution in [1.82, 2.24) is 10.6 Å². The maximum absolute atomic E-state index is 12.1. The molecule has 1 aromatic carbocycles. The fourth-order valence-corrected chi connectivity index (χ4v) is 3.74. The summed E-state index contributed by atoms with van der Waals surface area (Å²) in [4.78, 5) is 12.1. The molecule has 0 radical (unpaired) electrons. The van der Waals surface area contributed by atoms with Gasteiger partial charge in [-0.2, -0.15) is 0 Å². The number of rotatable bonds is 9. The number of hydrogen-bond donors (Lipinski definition) is 2. The zero-order valence-corrected chi connectivity index (χ0v) is 14.6. The van der Waals surface area contributed by atoms with E-state index in [-0.39, 0.29) is 11.3 Å². The van der Waals surface area contributed by atoms with Gasteiger partial charge in [0.1, 0.15) is 0 Å². The van der Waals surface area contributed by atoms with Crippen LogP contribution >= 0.6 is 0 Å². The maximum atomic E-state index is 12.1. The summed E-state index contributed by atoms with van der Waals surface area (Å²) < 4.78 is 5.88. The first kappa shape index (κ1) is 18.0. The van der Waals surface area contributed by atoms with Gasteiger partial charge in [-0.1, -0.05) is 44.2 Å². The summed E-state index contributed by atoms with van der Waals surface area (Å²) >= 11 is 0. The first-order valence-electron chi connectivity index (χ1n) is 8.81. The van der Waals surface area contributed by atoms with Crippen LogP contribution in [0.15, 0.2) is 30.3 Å². The maximum Gasteiger partial charge on any atom is 0.234 e. The summed E-state index contributed by atoms with van der Waals surface area (Å²) in [5, 5.41) is 6.41. The Morgan fingerprint density at radius 2 is 1.91 bits per heavy atom. The highest BCUT2D eigenvalue weighted by atomic mass is 16.5. The third-order valence-corrected chi connectivity index (χ3v) is 5.31. The smallest absolute Gasteiger partial charge is 0.234 e. The molecule has 0 aromatic heterocycles. The second kappa shape index (κ2) is 8.46. The molecule has 1 aliphatic carbocycles. The van der Waals surface area contributed by atoms with Gasteiger partial charge in [0.25, 0.3) is 0 Å². The normalized spacial score (nSPS) is 22.4. The van der Waals surface area contributed by atoms with Crippen LogP contribution in [0.4, 0.5) is 0 Å². The van der Waals surface area contributed by atoms with Crippen molar-refractivity contribution in [2.45, 2.75) is 58.7 Å². The standard InChI is InChI=1S/C19H30N2O2/c1-4-19(5-2)16(12-17(19)23-6-3)20-14-18(22)21-13-15-10-8-7-9-11-15/h7-11,16-17,20H,4-6,12-14H2,1-3H3,(H,21,22)/t16-,17-/m0/s1. The monoisotopic (exact) mass is 318 g/mol. The van der Waals surface area contributed by atoms with Crippen LogP contribution in [0.1, 0.15) is 45.6 Å². The minimum absolute atomic E-state index is 0.0508. The molecule has 0 unspecified atom stereocenters. The predicted octanol–water partition coefficient (Wildman–Crippen LogP) is 2.88. The molecular weight excluding hydrogens is 288 g/mol. The fraction of sp³-hybridized carbons (Fsp3) is 0.632. The third-order valence-electron chi connectivity index (χ3n) is 5.31. The molecule has 2 atom stereocenters. The van der Waals surface area contributed by atoms with Crippen molar-refractivity contribution < 1.29 is 9.53 Å². The number of benzene rings is 1. The summed E-state index contributed by atoms with van der Waals surface area (Å²) in [6.45, 7) is 8.21. The Labute approximate surface area is 140 Å². The zero-order valence-electron chi connectivity index (χ0n) is 14.6. The van der Waals surface area contributed by atoms with E-state index in [2.05, 4.69) is 24.5 Å². The van der Waals surface area contributed by atoms with Crippen LogP contribution < -0.4 is 10.6 Å². The molecule has 1 amide bonds. The Kier molecular flexibility index (Phi) is 6.60. The van der Waals surface area contributed by atoms with Crippen molar-refractivity contribution in [2.75, 3.05) is 13.2 Å². The lowest BCUT2D eigenvalue weighted by Gasteiger charge is -2.55. The second-order valence-electron chi connectivity index (χ2n) is 6.32. The van der Waals surface area contributed by atoms with Crippen molar-refractivity contribution in [3.05, 3.63) is 35.9 Å². The molecule has 2 N–H and O–H groups in total. The molecule has 0 bridgehead atoms. The molecule has 4 heteroatoms. The number of carbonyl (C=O) groups excluding carboxylic acids is 1. The molecule has 1 aliphatic rings. The number of nitrogens with one attached hydrogen (secondary N) is 2. The van der Waals surface area contributed by atoms with E-state index in [0.717, 1.165) is 31.4 Å². The van der Waals surface area contributed by atoms with Gasteiger partial charge in [0.05, 0.1) is 12.6 Å². The lowest BCUT2D eigenvalue weighted by Crippen LogP contribution is -2.64. The molecule has 2 rings (SSSR count). The Morgan fingerprint density at radius 1 is 1.22 bits per heavy atom. The van der Waals surface area contributed by atoms with Crippen LogP contribution in [0.2, 0.25) is 0 Å². The minimum Gasteiger partial charge on any atom is -0.378 e. The van der Waals surface area contributed by atoms with Gasteiger partial charge in [0, 0.05) is 24.6 Å². The Hall–Kier alpha value is -1.39.